The monoisotopic (exact) mass is 271 g/mol. The lowest BCUT2D eigenvalue weighted by atomic mass is 9.91. The SMILES string of the molecule is CC(CC(CN)CO)c1cccc(S(C)(=O)=O)c1. The second-order valence-electron chi connectivity index (χ2n) is 4.77. The molecule has 102 valence electrons. The molecule has 4 nitrogen and oxygen atoms in total. The first kappa shape index (κ1) is 15.1. The standard InChI is InChI=1S/C13H21NO3S/c1-10(6-11(8-14)9-15)12-4-3-5-13(7-12)18(2,16)17/h3-5,7,10-11,15H,6,8-9,14H2,1-2H3. The highest BCUT2D eigenvalue weighted by Crippen LogP contribution is 2.25. The lowest BCUT2D eigenvalue weighted by Gasteiger charge is -2.18. The summed E-state index contributed by atoms with van der Waals surface area (Å²) in [6.07, 6.45) is 1.95. The van der Waals surface area contributed by atoms with E-state index < -0.39 is 9.84 Å². The lowest BCUT2D eigenvalue weighted by molar-refractivity contribution is 0.217. The molecule has 0 amide bonds. The number of rotatable bonds is 6. The minimum absolute atomic E-state index is 0.0573. The molecule has 18 heavy (non-hydrogen) atoms. The van der Waals surface area contributed by atoms with Crippen LogP contribution in [0.1, 0.15) is 24.8 Å². The molecular formula is C13H21NO3S. The zero-order valence-electron chi connectivity index (χ0n) is 10.8. The Balaban J connectivity index is 2.90. The van der Waals surface area contributed by atoms with Gasteiger partial charge in [-0.3, -0.25) is 0 Å². The van der Waals surface area contributed by atoms with Gasteiger partial charge in [0.15, 0.2) is 9.84 Å². The summed E-state index contributed by atoms with van der Waals surface area (Å²) in [6, 6.07) is 6.95. The Hall–Kier alpha value is -0.910. The first-order valence-corrected chi connectivity index (χ1v) is 7.88. The van der Waals surface area contributed by atoms with Gasteiger partial charge in [-0.15, -0.1) is 0 Å². The van der Waals surface area contributed by atoms with E-state index in [1.807, 2.05) is 13.0 Å². The molecule has 1 aromatic carbocycles. The molecule has 0 aliphatic carbocycles. The highest BCUT2D eigenvalue weighted by molar-refractivity contribution is 7.90. The van der Waals surface area contributed by atoms with E-state index in [1.54, 1.807) is 18.2 Å². The Bertz CT molecular complexity index is 481. The van der Waals surface area contributed by atoms with Crippen molar-refractivity contribution in [3.63, 3.8) is 0 Å². The molecule has 1 rings (SSSR count). The van der Waals surface area contributed by atoms with Crippen LogP contribution in [-0.4, -0.2) is 32.9 Å². The minimum atomic E-state index is -3.17. The van der Waals surface area contributed by atoms with Crippen LogP contribution in [0.25, 0.3) is 0 Å². The molecule has 0 aromatic heterocycles. The summed E-state index contributed by atoms with van der Waals surface area (Å²) >= 11 is 0. The lowest BCUT2D eigenvalue weighted by Crippen LogP contribution is -2.20. The van der Waals surface area contributed by atoms with Crippen LogP contribution in [0, 0.1) is 5.92 Å². The van der Waals surface area contributed by atoms with Crippen LogP contribution in [0.4, 0.5) is 0 Å². The first-order valence-electron chi connectivity index (χ1n) is 5.99. The Labute approximate surface area is 109 Å². The van der Waals surface area contributed by atoms with Gasteiger partial charge in [-0.1, -0.05) is 19.1 Å². The van der Waals surface area contributed by atoms with Gasteiger partial charge >= 0.3 is 0 Å². The summed E-state index contributed by atoms with van der Waals surface area (Å²) in [7, 11) is -3.17. The van der Waals surface area contributed by atoms with Gasteiger partial charge in [-0.25, -0.2) is 8.42 Å². The third-order valence-corrected chi connectivity index (χ3v) is 4.24. The molecule has 5 heteroatoms. The molecule has 0 saturated heterocycles. The van der Waals surface area contributed by atoms with Gasteiger partial charge in [0, 0.05) is 12.9 Å². The van der Waals surface area contributed by atoms with E-state index in [2.05, 4.69) is 0 Å². The fraction of sp³-hybridized carbons (Fsp3) is 0.538. The van der Waals surface area contributed by atoms with Crippen molar-refractivity contribution in [1.29, 1.82) is 0 Å². The van der Waals surface area contributed by atoms with Gasteiger partial charge in [0.1, 0.15) is 0 Å². The molecule has 0 spiro atoms. The normalized spacial score (nSPS) is 15.3. The third kappa shape index (κ3) is 4.08. The number of hydrogen-bond acceptors (Lipinski definition) is 4. The molecule has 0 aliphatic rings. The maximum Gasteiger partial charge on any atom is 0.175 e. The number of aliphatic hydroxyl groups excluding tert-OH is 1. The van der Waals surface area contributed by atoms with Gasteiger partial charge < -0.3 is 10.8 Å². The van der Waals surface area contributed by atoms with E-state index >= 15 is 0 Å². The predicted octanol–water partition coefficient (Wildman–Crippen LogP) is 1.15. The summed E-state index contributed by atoms with van der Waals surface area (Å²) in [6.45, 7) is 2.51. The molecule has 0 radical (unpaired) electrons. The predicted molar refractivity (Wildman–Crippen MR) is 72.2 cm³/mol. The molecule has 0 aliphatic heterocycles. The molecule has 1 aromatic rings. The van der Waals surface area contributed by atoms with E-state index in [1.165, 1.54) is 6.26 Å². The number of benzene rings is 1. The number of aliphatic hydroxyl groups is 1. The van der Waals surface area contributed by atoms with Crippen LogP contribution in [0.15, 0.2) is 29.2 Å². The Morgan fingerprint density at radius 2 is 2.06 bits per heavy atom. The maximum absolute atomic E-state index is 11.5. The Morgan fingerprint density at radius 3 is 2.56 bits per heavy atom. The number of sulfone groups is 1. The topological polar surface area (TPSA) is 80.4 Å². The van der Waals surface area contributed by atoms with Crippen LogP contribution in [0.3, 0.4) is 0 Å². The summed E-state index contributed by atoms with van der Waals surface area (Å²) in [5.41, 5.74) is 6.52. The fourth-order valence-corrected chi connectivity index (χ4v) is 2.61. The largest absolute Gasteiger partial charge is 0.396 e. The zero-order valence-corrected chi connectivity index (χ0v) is 11.7. The molecule has 0 fully saturated rings. The van der Waals surface area contributed by atoms with Crippen molar-refractivity contribution in [3.8, 4) is 0 Å². The van der Waals surface area contributed by atoms with Gasteiger partial charge in [0.2, 0.25) is 0 Å². The zero-order chi connectivity index (χ0) is 13.8. The minimum Gasteiger partial charge on any atom is -0.396 e. The van der Waals surface area contributed by atoms with Crippen molar-refractivity contribution in [1.82, 2.24) is 0 Å². The molecule has 0 saturated carbocycles. The molecule has 3 N–H and O–H groups in total. The van der Waals surface area contributed by atoms with E-state index in [9.17, 15) is 8.42 Å². The second-order valence-corrected chi connectivity index (χ2v) is 6.78. The fourth-order valence-electron chi connectivity index (χ4n) is 1.93. The van der Waals surface area contributed by atoms with Crippen molar-refractivity contribution in [2.24, 2.45) is 11.7 Å². The molecular weight excluding hydrogens is 250 g/mol. The number of nitrogens with two attached hydrogens (primary N) is 1. The number of hydrogen-bond donors (Lipinski definition) is 2. The van der Waals surface area contributed by atoms with E-state index in [0.29, 0.717) is 11.4 Å². The van der Waals surface area contributed by atoms with Crippen molar-refractivity contribution >= 4 is 9.84 Å². The average Bonchev–Trinajstić information content (AvgIpc) is 2.34. The van der Waals surface area contributed by atoms with Gasteiger partial charge in [0.25, 0.3) is 0 Å². The molecule has 0 heterocycles. The van der Waals surface area contributed by atoms with Crippen molar-refractivity contribution in [3.05, 3.63) is 29.8 Å². The van der Waals surface area contributed by atoms with Crippen LogP contribution in [0.5, 0.6) is 0 Å². The van der Waals surface area contributed by atoms with Crippen LogP contribution in [-0.2, 0) is 9.84 Å². The highest BCUT2D eigenvalue weighted by Gasteiger charge is 2.15. The van der Waals surface area contributed by atoms with Gasteiger partial charge in [-0.2, -0.15) is 0 Å². The van der Waals surface area contributed by atoms with Crippen LogP contribution >= 0.6 is 0 Å². The summed E-state index contributed by atoms with van der Waals surface area (Å²) in [5, 5.41) is 9.13. The average molecular weight is 271 g/mol. The van der Waals surface area contributed by atoms with Crippen molar-refractivity contribution < 1.29 is 13.5 Å². The van der Waals surface area contributed by atoms with E-state index in [0.717, 1.165) is 12.0 Å². The van der Waals surface area contributed by atoms with Gasteiger partial charge in [-0.05, 0) is 42.5 Å². The first-order chi connectivity index (χ1) is 8.38. The van der Waals surface area contributed by atoms with Crippen LogP contribution < -0.4 is 5.73 Å². The molecule has 2 unspecified atom stereocenters. The molecule has 0 bridgehead atoms. The van der Waals surface area contributed by atoms with E-state index in [-0.39, 0.29) is 18.4 Å². The van der Waals surface area contributed by atoms with Crippen LogP contribution in [0.2, 0.25) is 0 Å². The van der Waals surface area contributed by atoms with Crippen molar-refractivity contribution in [2.75, 3.05) is 19.4 Å². The Morgan fingerprint density at radius 1 is 1.39 bits per heavy atom. The third-order valence-electron chi connectivity index (χ3n) is 3.13. The quantitative estimate of drug-likeness (QED) is 0.813. The summed E-state index contributed by atoms with van der Waals surface area (Å²) < 4.78 is 23.0. The smallest absolute Gasteiger partial charge is 0.175 e. The summed E-state index contributed by atoms with van der Waals surface area (Å²) in [5.74, 6) is 0.231. The Kier molecular flexibility index (Phi) is 5.31. The van der Waals surface area contributed by atoms with E-state index in [4.69, 9.17) is 10.8 Å². The van der Waals surface area contributed by atoms with Gasteiger partial charge in [0.05, 0.1) is 4.90 Å². The maximum atomic E-state index is 11.5. The second kappa shape index (κ2) is 6.31. The highest BCUT2D eigenvalue weighted by atomic mass is 32.2. The summed E-state index contributed by atoms with van der Waals surface area (Å²) in [4.78, 5) is 0.333. The van der Waals surface area contributed by atoms with Crippen molar-refractivity contribution in [2.45, 2.75) is 24.2 Å². The molecule has 2 atom stereocenters.